The summed E-state index contributed by atoms with van der Waals surface area (Å²) in [6, 6.07) is 3.38. The van der Waals surface area contributed by atoms with Gasteiger partial charge in [-0.05, 0) is 6.07 Å². The van der Waals surface area contributed by atoms with Crippen LogP contribution in [0.2, 0.25) is 0 Å². The predicted molar refractivity (Wildman–Crippen MR) is 55.1 cm³/mol. The van der Waals surface area contributed by atoms with Gasteiger partial charge in [-0.25, -0.2) is 0 Å². The molecule has 1 aromatic rings. The summed E-state index contributed by atoms with van der Waals surface area (Å²) in [5, 5.41) is 0. The molecule has 1 aliphatic heterocycles. The Balaban J connectivity index is 2.25. The van der Waals surface area contributed by atoms with Gasteiger partial charge in [0.2, 0.25) is 6.79 Å². The van der Waals surface area contributed by atoms with E-state index < -0.39 is 5.91 Å². The van der Waals surface area contributed by atoms with Gasteiger partial charge in [-0.1, -0.05) is 0 Å². The fraction of sp³-hybridized carbons (Fsp3) is 0.300. The Morgan fingerprint density at radius 3 is 2.69 bits per heavy atom. The van der Waals surface area contributed by atoms with Crippen LogP contribution < -0.4 is 25.7 Å². The zero-order valence-electron chi connectivity index (χ0n) is 8.56. The summed E-state index contributed by atoms with van der Waals surface area (Å²) >= 11 is 0. The number of rotatable bonds is 4. The van der Waals surface area contributed by atoms with Crippen LogP contribution in [0, 0.1) is 0 Å². The number of hydrogen-bond acceptors (Lipinski definition) is 5. The van der Waals surface area contributed by atoms with Crippen molar-refractivity contribution in [1.29, 1.82) is 0 Å². The molecule has 0 radical (unpaired) electrons. The summed E-state index contributed by atoms with van der Waals surface area (Å²) in [5.74, 6) is 1.16. The highest BCUT2D eigenvalue weighted by Gasteiger charge is 2.17. The van der Waals surface area contributed by atoms with Gasteiger partial charge in [-0.3, -0.25) is 4.79 Å². The Labute approximate surface area is 92.1 Å². The summed E-state index contributed by atoms with van der Waals surface area (Å²) in [7, 11) is 0. The molecule has 1 aliphatic rings. The van der Waals surface area contributed by atoms with Crippen molar-refractivity contribution in [3.8, 4) is 17.2 Å². The number of nitrogens with two attached hydrogens (primary N) is 2. The summed E-state index contributed by atoms with van der Waals surface area (Å²) < 4.78 is 15.6. The fourth-order valence-corrected chi connectivity index (χ4v) is 1.41. The zero-order chi connectivity index (χ0) is 11.5. The molecule has 6 nitrogen and oxygen atoms in total. The number of hydrogen-bond donors (Lipinski definition) is 2. The number of amides is 1. The van der Waals surface area contributed by atoms with Crippen molar-refractivity contribution in [3.05, 3.63) is 17.7 Å². The second-order valence-corrected chi connectivity index (χ2v) is 3.27. The topological polar surface area (TPSA) is 96.8 Å². The van der Waals surface area contributed by atoms with Gasteiger partial charge in [0.1, 0.15) is 5.75 Å². The smallest absolute Gasteiger partial charge is 0.255 e. The quantitative estimate of drug-likeness (QED) is 0.734. The lowest BCUT2D eigenvalue weighted by Gasteiger charge is -2.09. The highest BCUT2D eigenvalue weighted by atomic mass is 16.7. The minimum atomic E-state index is -0.541. The highest BCUT2D eigenvalue weighted by Crippen LogP contribution is 2.37. The van der Waals surface area contributed by atoms with Gasteiger partial charge in [0, 0.05) is 18.2 Å². The number of benzene rings is 1. The maximum absolute atomic E-state index is 10.6. The van der Waals surface area contributed by atoms with Crippen LogP contribution >= 0.6 is 0 Å². The molecule has 1 heterocycles. The highest BCUT2D eigenvalue weighted by molar-refractivity contribution is 5.75. The molecule has 0 atom stereocenters. The number of fused-ring (bicyclic) bond motifs is 1. The first-order chi connectivity index (χ1) is 7.70. The van der Waals surface area contributed by atoms with Gasteiger partial charge in [-0.2, -0.15) is 0 Å². The normalized spacial score (nSPS) is 12.6. The summed E-state index contributed by atoms with van der Waals surface area (Å²) in [5.41, 5.74) is 11.3. The van der Waals surface area contributed by atoms with Crippen molar-refractivity contribution in [2.24, 2.45) is 11.5 Å². The number of carbonyl (C=O) groups is 1. The lowest BCUT2D eigenvalue weighted by molar-refractivity contribution is -0.119. The molecule has 0 saturated carbocycles. The minimum Gasteiger partial charge on any atom is -0.483 e. The van der Waals surface area contributed by atoms with Crippen LogP contribution in [-0.4, -0.2) is 19.3 Å². The molecule has 0 spiro atoms. The van der Waals surface area contributed by atoms with Crippen molar-refractivity contribution < 1.29 is 19.0 Å². The molecule has 86 valence electrons. The second-order valence-electron chi connectivity index (χ2n) is 3.27. The van der Waals surface area contributed by atoms with E-state index in [0.717, 1.165) is 5.56 Å². The molecule has 0 bridgehead atoms. The SMILES string of the molecule is NCc1cc2c(cc1OCC(N)=O)OCO2. The van der Waals surface area contributed by atoms with Crippen LogP contribution in [0.5, 0.6) is 17.2 Å². The van der Waals surface area contributed by atoms with Gasteiger partial charge >= 0.3 is 0 Å². The van der Waals surface area contributed by atoms with Crippen molar-refractivity contribution in [2.75, 3.05) is 13.4 Å². The Hall–Kier alpha value is -1.95. The van der Waals surface area contributed by atoms with Crippen LogP contribution in [0.25, 0.3) is 0 Å². The van der Waals surface area contributed by atoms with Gasteiger partial charge < -0.3 is 25.7 Å². The lowest BCUT2D eigenvalue weighted by atomic mass is 10.2. The minimum absolute atomic E-state index is 0.179. The second kappa shape index (κ2) is 4.28. The Morgan fingerprint density at radius 1 is 1.38 bits per heavy atom. The number of ether oxygens (including phenoxy) is 3. The Kier molecular flexibility index (Phi) is 2.82. The van der Waals surface area contributed by atoms with Crippen molar-refractivity contribution >= 4 is 5.91 Å². The van der Waals surface area contributed by atoms with Crippen molar-refractivity contribution in [2.45, 2.75) is 6.54 Å². The van der Waals surface area contributed by atoms with Crippen molar-refractivity contribution in [3.63, 3.8) is 0 Å². The third-order valence-electron chi connectivity index (χ3n) is 2.15. The average molecular weight is 224 g/mol. The van der Waals surface area contributed by atoms with Crippen LogP contribution in [-0.2, 0) is 11.3 Å². The van der Waals surface area contributed by atoms with E-state index in [4.69, 9.17) is 25.7 Å². The van der Waals surface area contributed by atoms with Gasteiger partial charge in [0.25, 0.3) is 5.91 Å². The molecule has 0 aromatic heterocycles. The predicted octanol–water partition coefficient (Wildman–Crippen LogP) is -0.262. The zero-order valence-corrected chi connectivity index (χ0v) is 8.56. The summed E-state index contributed by atoms with van der Waals surface area (Å²) in [6.45, 7) is 0.274. The van der Waals surface area contributed by atoms with E-state index >= 15 is 0 Å². The largest absolute Gasteiger partial charge is 0.483 e. The van der Waals surface area contributed by atoms with E-state index in [1.54, 1.807) is 12.1 Å². The lowest BCUT2D eigenvalue weighted by Crippen LogP contribution is -2.20. The van der Waals surface area contributed by atoms with Gasteiger partial charge in [0.05, 0.1) is 0 Å². The van der Waals surface area contributed by atoms with E-state index in [1.807, 2.05) is 0 Å². The molecule has 1 aromatic carbocycles. The molecule has 0 saturated heterocycles. The fourth-order valence-electron chi connectivity index (χ4n) is 1.41. The van der Waals surface area contributed by atoms with Crippen LogP contribution in [0.1, 0.15) is 5.56 Å². The van der Waals surface area contributed by atoms with Gasteiger partial charge in [0.15, 0.2) is 18.1 Å². The first kappa shape index (κ1) is 10.6. The average Bonchev–Trinajstić information content (AvgIpc) is 2.71. The van der Waals surface area contributed by atoms with Crippen LogP contribution in [0.4, 0.5) is 0 Å². The third kappa shape index (κ3) is 2.01. The van der Waals surface area contributed by atoms with Crippen molar-refractivity contribution in [1.82, 2.24) is 0 Å². The Morgan fingerprint density at radius 2 is 2.06 bits per heavy atom. The number of primary amides is 1. The maximum atomic E-state index is 10.6. The van der Waals surface area contributed by atoms with E-state index in [9.17, 15) is 4.79 Å². The molecular formula is C10H12N2O4. The molecule has 0 aliphatic carbocycles. The molecule has 4 N–H and O–H groups in total. The van der Waals surface area contributed by atoms with E-state index in [0.29, 0.717) is 17.2 Å². The number of carbonyl (C=O) groups excluding carboxylic acids is 1. The monoisotopic (exact) mass is 224 g/mol. The Bertz CT molecular complexity index is 420. The van der Waals surface area contributed by atoms with E-state index in [-0.39, 0.29) is 19.9 Å². The first-order valence-corrected chi connectivity index (χ1v) is 4.74. The van der Waals surface area contributed by atoms with E-state index in [2.05, 4.69) is 0 Å². The third-order valence-corrected chi connectivity index (χ3v) is 2.15. The van der Waals surface area contributed by atoms with Gasteiger partial charge in [-0.15, -0.1) is 0 Å². The molecule has 16 heavy (non-hydrogen) atoms. The van der Waals surface area contributed by atoms with Crippen LogP contribution in [0.3, 0.4) is 0 Å². The molecule has 6 heteroatoms. The van der Waals surface area contributed by atoms with E-state index in [1.165, 1.54) is 0 Å². The first-order valence-electron chi connectivity index (χ1n) is 4.74. The standard InChI is InChI=1S/C10H12N2O4/c11-3-6-1-8-9(16-5-15-8)2-7(6)14-4-10(12)13/h1-2H,3-5,11H2,(H2,12,13). The van der Waals surface area contributed by atoms with Crippen LogP contribution in [0.15, 0.2) is 12.1 Å². The summed E-state index contributed by atoms with van der Waals surface area (Å²) in [6.07, 6.45) is 0. The molecule has 2 rings (SSSR count). The molecular weight excluding hydrogens is 212 g/mol. The molecule has 0 unspecified atom stereocenters. The maximum Gasteiger partial charge on any atom is 0.255 e. The molecule has 0 fully saturated rings. The molecule has 1 amide bonds. The summed E-state index contributed by atoms with van der Waals surface area (Å²) in [4.78, 5) is 10.6.